The number of amides is 1. The van der Waals surface area contributed by atoms with Crippen molar-refractivity contribution in [1.82, 2.24) is 4.90 Å². The number of likely N-dealkylation sites (tertiary alicyclic amines) is 1. The first-order chi connectivity index (χ1) is 16.4. The van der Waals surface area contributed by atoms with Crippen LogP contribution < -0.4 is 5.32 Å². The molecule has 0 unspecified atom stereocenters. The van der Waals surface area contributed by atoms with Crippen LogP contribution in [-0.4, -0.2) is 52.3 Å². The number of anilines is 1. The number of carbonyl (C=O) groups excluding carboxylic acids is 1. The molecule has 0 aliphatic carbocycles. The van der Waals surface area contributed by atoms with Gasteiger partial charge in [-0.05, 0) is 35.9 Å². The predicted molar refractivity (Wildman–Crippen MR) is 130 cm³/mol. The molecule has 0 atom stereocenters. The Labute approximate surface area is 201 Å². The number of benzene rings is 2. The Balaban J connectivity index is 0.000000481. The maximum absolute atomic E-state index is 12.5. The second-order valence-corrected chi connectivity index (χ2v) is 8.64. The van der Waals surface area contributed by atoms with Gasteiger partial charge in [0.05, 0.1) is 5.69 Å². The van der Waals surface area contributed by atoms with E-state index in [1.165, 1.54) is 4.88 Å². The number of carboxylic acid groups (broad SMARTS) is 2. The number of carboxylic acids is 2. The molecule has 178 valence electrons. The molecule has 0 bridgehead atoms. The number of aliphatic carboxylic acids is 2. The molecule has 0 radical (unpaired) electrons. The molecule has 1 aliphatic heterocycles. The van der Waals surface area contributed by atoms with Crippen LogP contribution in [0.2, 0.25) is 0 Å². The van der Waals surface area contributed by atoms with Crippen LogP contribution >= 0.6 is 11.3 Å². The van der Waals surface area contributed by atoms with Gasteiger partial charge in [0.25, 0.3) is 0 Å². The molecule has 1 fully saturated rings. The zero-order valence-corrected chi connectivity index (χ0v) is 19.2. The zero-order valence-electron chi connectivity index (χ0n) is 18.4. The molecular weight excluding hydrogens is 456 g/mol. The first-order valence-corrected chi connectivity index (χ1v) is 11.6. The van der Waals surface area contributed by atoms with Gasteiger partial charge in [0.2, 0.25) is 0 Å². The molecule has 1 aliphatic rings. The van der Waals surface area contributed by atoms with Crippen molar-refractivity contribution in [3.63, 3.8) is 0 Å². The minimum atomic E-state index is -1.82. The van der Waals surface area contributed by atoms with Crippen molar-refractivity contribution < 1.29 is 29.3 Å². The van der Waals surface area contributed by atoms with Crippen LogP contribution in [0.1, 0.15) is 17.7 Å². The van der Waals surface area contributed by atoms with Crippen molar-refractivity contribution >= 4 is 35.1 Å². The van der Waals surface area contributed by atoms with Crippen LogP contribution in [0, 0.1) is 0 Å². The van der Waals surface area contributed by atoms with Gasteiger partial charge in [-0.15, -0.1) is 11.3 Å². The summed E-state index contributed by atoms with van der Waals surface area (Å²) >= 11 is 1.79. The number of hydrogen-bond acceptors (Lipinski definition) is 6. The Hall–Kier alpha value is -3.69. The van der Waals surface area contributed by atoms with E-state index in [0.717, 1.165) is 49.3 Å². The van der Waals surface area contributed by atoms with Gasteiger partial charge in [0.15, 0.2) is 0 Å². The van der Waals surface area contributed by atoms with Crippen LogP contribution in [-0.2, 0) is 20.9 Å². The van der Waals surface area contributed by atoms with Crippen molar-refractivity contribution in [1.29, 1.82) is 0 Å². The number of para-hydroxylation sites is 1. The molecule has 9 heteroatoms. The summed E-state index contributed by atoms with van der Waals surface area (Å²) in [6, 6.07) is 22.1. The molecule has 1 aromatic heterocycles. The van der Waals surface area contributed by atoms with Gasteiger partial charge in [-0.3, -0.25) is 10.2 Å². The van der Waals surface area contributed by atoms with Gasteiger partial charge >= 0.3 is 18.0 Å². The number of hydrogen-bond donors (Lipinski definition) is 3. The molecule has 0 saturated carbocycles. The first kappa shape index (κ1) is 24.9. The van der Waals surface area contributed by atoms with E-state index in [0.29, 0.717) is 0 Å². The molecule has 34 heavy (non-hydrogen) atoms. The van der Waals surface area contributed by atoms with Gasteiger partial charge < -0.3 is 14.9 Å². The van der Waals surface area contributed by atoms with E-state index in [-0.39, 0.29) is 12.2 Å². The fourth-order valence-electron chi connectivity index (χ4n) is 3.56. The SMILES string of the molecule is O=C(Nc1ccccc1-c1ccccc1)OC1CCN(Cc2cccs2)CC1.O=C(O)C(=O)O. The van der Waals surface area contributed by atoms with Crippen LogP contribution in [0.3, 0.4) is 0 Å². The Morgan fingerprint density at radius 2 is 1.56 bits per heavy atom. The minimum absolute atomic E-state index is 0.0246. The summed E-state index contributed by atoms with van der Waals surface area (Å²) in [7, 11) is 0. The maximum Gasteiger partial charge on any atom is 0.414 e. The predicted octanol–water partition coefficient (Wildman–Crippen LogP) is 4.78. The van der Waals surface area contributed by atoms with Crippen molar-refractivity contribution in [2.45, 2.75) is 25.5 Å². The standard InChI is InChI=1S/C23H24N2O2S.C2H2O4/c26-23(24-22-11-5-4-10-21(22)18-7-2-1-3-8-18)27-19-12-14-25(15-13-19)17-20-9-6-16-28-20;3-1(4)2(5)6/h1-11,16,19H,12-15,17H2,(H,24,26);(H,3,4)(H,5,6). The van der Waals surface area contributed by atoms with Gasteiger partial charge in [-0.2, -0.15) is 0 Å². The summed E-state index contributed by atoms with van der Waals surface area (Å²) in [6.07, 6.45) is 1.35. The van der Waals surface area contributed by atoms with Crippen LogP contribution in [0.4, 0.5) is 10.5 Å². The smallest absolute Gasteiger partial charge is 0.414 e. The normalized spacial score (nSPS) is 13.9. The highest BCUT2D eigenvalue weighted by atomic mass is 32.1. The van der Waals surface area contributed by atoms with E-state index in [2.05, 4.69) is 27.7 Å². The molecule has 2 aromatic carbocycles. The summed E-state index contributed by atoms with van der Waals surface area (Å²) in [4.78, 5) is 34.5. The molecule has 3 aromatic rings. The second-order valence-electron chi connectivity index (χ2n) is 7.61. The van der Waals surface area contributed by atoms with Gasteiger partial charge in [-0.1, -0.05) is 54.6 Å². The lowest BCUT2D eigenvalue weighted by atomic mass is 10.0. The molecule has 3 N–H and O–H groups in total. The molecule has 0 spiro atoms. The summed E-state index contributed by atoms with van der Waals surface area (Å²) in [5, 5.41) is 19.8. The Morgan fingerprint density at radius 1 is 0.912 bits per heavy atom. The van der Waals surface area contributed by atoms with Crippen molar-refractivity contribution in [2.24, 2.45) is 0 Å². The number of nitrogens with zero attached hydrogens (tertiary/aromatic N) is 1. The monoisotopic (exact) mass is 482 g/mol. The number of ether oxygens (including phenoxy) is 1. The highest BCUT2D eigenvalue weighted by molar-refractivity contribution is 7.09. The van der Waals surface area contributed by atoms with E-state index in [9.17, 15) is 4.79 Å². The number of nitrogens with one attached hydrogen (secondary N) is 1. The number of thiophene rings is 1. The van der Waals surface area contributed by atoms with Crippen LogP contribution in [0.25, 0.3) is 11.1 Å². The highest BCUT2D eigenvalue weighted by Crippen LogP contribution is 2.28. The molecule has 1 saturated heterocycles. The second kappa shape index (κ2) is 12.5. The third-order valence-corrected chi connectivity index (χ3v) is 6.06. The largest absolute Gasteiger partial charge is 0.473 e. The van der Waals surface area contributed by atoms with Crippen LogP contribution in [0.5, 0.6) is 0 Å². The van der Waals surface area contributed by atoms with Gasteiger partial charge in [0, 0.05) is 30.1 Å². The molecule has 1 amide bonds. The Kier molecular flexibility index (Phi) is 9.19. The van der Waals surface area contributed by atoms with E-state index in [1.54, 1.807) is 11.3 Å². The quantitative estimate of drug-likeness (QED) is 0.448. The summed E-state index contributed by atoms with van der Waals surface area (Å²) < 4.78 is 5.70. The highest BCUT2D eigenvalue weighted by Gasteiger charge is 2.23. The zero-order chi connectivity index (χ0) is 24.3. The Bertz CT molecular complexity index is 1070. The van der Waals surface area contributed by atoms with E-state index in [4.69, 9.17) is 24.5 Å². The fraction of sp³-hybridized carbons (Fsp3) is 0.240. The van der Waals surface area contributed by atoms with E-state index >= 15 is 0 Å². The first-order valence-electron chi connectivity index (χ1n) is 10.8. The number of piperidine rings is 1. The fourth-order valence-corrected chi connectivity index (χ4v) is 4.31. The lowest BCUT2D eigenvalue weighted by Gasteiger charge is -2.31. The molecular formula is C25H26N2O6S. The lowest BCUT2D eigenvalue weighted by Crippen LogP contribution is -2.37. The van der Waals surface area contributed by atoms with E-state index in [1.807, 2.05) is 54.6 Å². The number of rotatable bonds is 5. The van der Waals surface area contributed by atoms with Gasteiger partial charge in [-0.25, -0.2) is 14.4 Å². The maximum atomic E-state index is 12.5. The summed E-state index contributed by atoms with van der Waals surface area (Å²) in [5.74, 6) is -3.65. The average Bonchev–Trinajstić information content (AvgIpc) is 3.35. The molecule has 8 nitrogen and oxygen atoms in total. The minimum Gasteiger partial charge on any atom is -0.473 e. The third-order valence-electron chi connectivity index (χ3n) is 5.20. The van der Waals surface area contributed by atoms with Crippen molar-refractivity contribution in [3.05, 3.63) is 77.0 Å². The van der Waals surface area contributed by atoms with E-state index < -0.39 is 11.9 Å². The topological polar surface area (TPSA) is 116 Å². The molecule has 2 heterocycles. The van der Waals surface area contributed by atoms with Crippen molar-refractivity contribution in [3.8, 4) is 11.1 Å². The lowest BCUT2D eigenvalue weighted by molar-refractivity contribution is -0.159. The van der Waals surface area contributed by atoms with Gasteiger partial charge in [0.1, 0.15) is 6.10 Å². The van der Waals surface area contributed by atoms with Crippen molar-refractivity contribution in [2.75, 3.05) is 18.4 Å². The van der Waals surface area contributed by atoms with Crippen LogP contribution in [0.15, 0.2) is 72.1 Å². The summed E-state index contributed by atoms with van der Waals surface area (Å²) in [5.41, 5.74) is 2.83. The molecule has 4 rings (SSSR count). The average molecular weight is 483 g/mol. The Morgan fingerprint density at radius 3 is 2.18 bits per heavy atom. The summed E-state index contributed by atoms with van der Waals surface area (Å²) in [6.45, 7) is 2.90. The third kappa shape index (κ3) is 7.72. The number of carbonyl (C=O) groups is 3.